The van der Waals surface area contributed by atoms with Crippen molar-refractivity contribution in [2.24, 2.45) is 5.92 Å². The number of alkyl halides is 3. The summed E-state index contributed by atoms with van der Waals surface area (Å²) in [6, 6.07) is 7.76. The fourth-order valence-electron chi connectivity index (χ4n) is 3.43. The number of halogens is 3. The maximum absolute atomic E-state index is 13.8. The molecule has 4 rings (SSSR count). The fourth-order valence-corrected chi connectivity index (χ4v) is 3.43. The predicted octanol–water partition coefficient (Wildman–Crippen LogP) is 4.59. The minimum atomic E-state index is -4.59. The molecular weight excluding hydrogens is 357 g/mol. The van der Waals surface area contributed by atoms with Crippen LogP contribution in [0.25, 0.3) is 11.1 Å². The summed E-state index contributed by atoms with van der Waals surface area (Å²) in [6.07, 6.45) is -2.60. The molecule has 27 heavy (non-hydrogen) atoms. The van der Waals surface area contributed by atoms with Crippen LogP contribution in [0.3, 0.4) is 0 Å². The number of anilines is 2. The number of nitrogens with one attached hydrogen (secondary N) is 1. The van der Waals surface area contributed by atoms with E-state index >= 15 is 0 Å². The second kappa shape index (κ2) is 6.64. The normalized spacial score (nSPS) is 19.3. The Kier molecular flexibility index (Phi) is 4.42. The molecule has 2 aliphatic rings. The van der Waals surface area contributed by atoms with Crippen LogP contribution in [-0.2, 0) is 6.18 Å². The molecule has 1 saturated carbocycles. The average Bonchev–Trinajstić information content (AvgIpc) is 3.43. The molecule has 1 aliphatic heterocycles. The van der Waals surface area contributed by atoms with Gasteiger partial charge in [0, 0.05) is 18.5 Å². The Bertz CT molecular complexity index is 863. The number of nitrogen functional groups attached to an aromatic ring is 1. The Morgan fingerprint density at radius 3 is 2.63 bits per heavy atom. The van der Waals surface area contributed by atoms with Crippen LogP contribution in [0.15, 0.2) is 30.3 Å². The molecule has 1 aliphatic carbocycles. The lowest BCUT2D eigenvalue weighted by Gasteiger charge is -2.24. The smallest absolute Gasteiger partial charge is 0.419 e. The van der Waals surface area contributed by atoms with Gasteiger partial charge in [-0.2, -0.15) is 13.2 Å². The second-order valence-electron chi connectivity index (χ2n) is 7.18. The summed E-state index contributed by atoms with van der Waals surface area (Å²) in [4.78, 5) is 0. The number of ether oxygens (including phenoxy) is 1. The Balaban J connectivity index is 1.76. The lowest BCUT2D eigenvalue weighted by Crippen LogP contribution is -2.15. The molecule has 4 nitrogen and oxygen atoms in total. The summed E-state index contributed by atoms with van der Waals surface area (Å²) in [6.45, 7) is 0.960. The van der Waals surface area contributed by atoms with Crippen LogP contribution in [0.4, 0.5) is 24.5 Å². The second-order valence-corrected chi connectivity index (χ2v) is 7.18. The van der Waals surface area contributed by atoms with Crippen molar-refractivity contribution in [3.63, 3.8) is 0 Å². The van der Waals surface area contributed by atoms with Gasteiger partial charge in [-0.3, -0.25) is 0 Å². The molecule has 1 heterocycles. The zero-order valence-corrected chi connectivity index (χ0v) is 14.6. The van der Waals surface area contributed by atoms with Gasteiger partial charge in [0.2, 0.25) is 0 Å². The van der Waals surface area contributed by atoms with Crippen LogP contribution >= 0.6 is 0 Å². The van der Waals surface area contributed by atoms with Crippen LogP contribution in [0.2, 0.25) is 0 Å². The van der Waals surface area contributed by atoms with Gasteiger partial charge in [-0.25, -0.2) is 0 Å². The highest BCUT2D eigenvalue weighted by molar-refractivity contribution is 5.82. The number of fused-ring (bicyclic) bond motifs is 1. The minimum absolute atomic E-state index is 0.00318. The molecule has 0 aromatic heterocycles. The first-order valence-electron chi connectivity index (χ1n) is 9.03. The van der Waals surface area contributed by atoms with E-state index < -0.39 is 17.8 Å². The third kappa shape index (κ3) is 3.56. The van der Waals surface area contributed by atoms with Crippen molar-refractivity contribution < 1.29 is 23.0 Å². The van der Waals surface area contributed by atoms with Gasteiger partial charge in [0.1, 0.15) is 5.75 Å². The molecule has 0 bridgehead atoms. The summed E-state index contributed by atoms with van der Waals surface area (Å²) >= 11 is 0. The number of aliphatic hydroxyl groups is 1. The first-order valence-corrected chi connectivity index (χ1v) is 9.03. The van der Waals surface area contributed by atoms with Gasteiger partial charge in [-0.1, -0.05) is 18.2 Å². The zero-order chi connectivity index (χ0) is 19.2. The van der Waals surface area contributed by atoms with E-state index in [2.05, 4.69) is 5.32 Å². The van der Waals surface area contributed by atoms with Crippen molar-refractivity contribution in [1.82, 2.24) is 0 Å². The topological polar surface area (TPSA) is 67.5 Å². The largest absolute Gasteiger partial charge is 0.493 e. The highest BCUT2D eigenvalue weighted by atomic mass is 19.4. The SMILES string of the molecule is Nc1c(NCC2CC2)ccc(-c2ccc3c(c2)OCCC3O)c1C(F)(F)F. The van der Waals surface area contributed by atoms with E-state index in [-0.39, 0.29) is 11.3 Å². The van der Waals surface area contributed by atoms with Crippen molar-refractivity contribution >= 4 is 11.4 Å². The number of aliphatic hydroxyl groups excluding tert-OH is 1. The van der Waals surface area contributed by atoms with Crippen molar-refractivity contribution in [2.45, 2.75) is 31.5 Å². The van der Waals surface area contributed by atoms with Gasteiger partial charge in [0.05, 0.1) is 29.6 Å². The predicted molar refractivity (Wildman–Crippen MR) is 97.6 cm³/mol. The number of nitrogens with two attached hydrogens (primary N) is 1. The van der Waals surface area contributed by atoms with E-state index in [1.807, 2.05) is 0 Å². The minimum Gasteiger partial charge on any atom is -0.493 e. The highest BCUT2D eigenvalue weighted by Gasteiger charge is 2.37. The maximum Gasteiger partial charge on any atom is 0.419 e. The van der Waals surface area contributed by atoms with E-state index in [0.29, 0.717) is 48.1 Å². The fraction of sp³-hybridized carbons (Fsp3) is 0.400. The Hall–Kier alpha value is -2.41. The Labute approximate surface area is 155 Å². The van der Waals surface area contributed by atoms with Gasteiger partial charge in [-0.05, 0) is 42.0 Å². The molecule has 0 spiro atoms. The summed E-state index contributed by atoms with van der Waals surface area (Å²) < 4.78 is 46.9. The summed E-state index contributed by atoms with van der Waals surface area (Å²) in [5, 5.41) is 13.0. The molecule has 1 atom stereocenters. The van der Waals surface area contributed by atoms with E-state index in [4.69, 9.17) is 10.5 Å². The van der Waals surface area contributed by atoms with Crippen LogP contribution in [-0.4, -0.2) is 18.3 Å². The Morgan fingerprint density at radius 2 is 1.93 bits per heavy atom. The lowest BCUT2D eigenvalue weighted by atomic mass is 9.93. The average molecular weight is 378 g/mol. The summed E-state index contributed by atoms with van der Waals surface area (Å²) in [5.74, 6) is 0.927. The van der Waals surface area contributed by atoms with E-state index in [0.717, 1.165) is 12.8 Å². The van der Waals surface area contributed by atoms with Crippen LogP contribution < -0.4 is 15.8 Å². The van der Waals surface area contributed by atoms with Gasteiger partial charge < -0.3 is 20.9 Å². The molecule has 144 valence electrons. The number of hydrogen-bond donors (Lipinski definition) is 3. The molecular formula is C20H21F3N2O2. The first kappa shape index (κ1) is 18.0. The molecule has 0 radical (unpaired) electrons. The first-order chi connectivity index (χ1) is 12.8. The van der Waals surface area contributed by atoms with Crippen LogP contribution in [0.1, 0.15) is 36.5 Å². The third-order valence-corrected chi connectivity index (χ3v) is 5.14. The quantitative estimate of drug-likeness (QED) is 0.681. The van der Waals surface area contributed by atoms with Crippen LogP contribution in [0.5, 0.6) is 5.75 Å². The highest BCUT2D eigenvalue weighted by Crippen LogP contribution is 2.45. The van der Waals surface area contributed by atoms with Crippen molar-refractivity contribution in [3.8, 4) is 16.9 Å². The van der Waals surface area contributed by atoms with Gasteiger partial charge in [0.15, 0.2) is 0 Å². The van der Waals surface area contributed by atoms with Crippen molar-refractivity contribution in [1.29, 1.82) is 0 Å². The molecule has 2 aromatic rings. The third-order valence-electron chi connectivity index (χ3n) is 5.14. The standard InChI is InChI=1S/C20H21F3N2O2/c21-20(22,23)18-13(5-6-15(19(18)24)25-10-11-1-2-11)12-3-4-14-16(26)7-8-27-17(14)9-12/h3-6,9,11,16,25-26H,1-2,7-8,10,24H2. The molecule has 1 fully saturated rings. The number of hydrogen-bond acceptors (Lipinski definition) is 4. The molecule has 0 saturated heterocycles. The van der Waals surface area contributed by atoms with E-state index in [1.54, 1.807) is 24.3 Å². The van der Waals surface area contributed by atoms with E-state index in [9.17, 15) is 18.3 Å². The molecule has 0 amide bonds. The number of benzene rings is 2. The van der Waals surface area contributed by atoms with Gasteiger partial charge in [0.25, 0.3) is 0 Å². The Morgan fingerprint density at radius 1 is 1.15 bits per heavy atom. The molecule has 2 aromatic carbocycles. The molecule has 4 N–H and O–H groups in total. The zero-order valence-electron chi connectivity index (χ0n) is 14.6. The monoisotopic (exact) mass is 378 g/mol. The summed E-state index contributed by atoms with van der Waals surface area (Å²) in [7, 11) is 0. The van der Waals surface area contributed by atoms with Crippen LogP contribution in [0, 0.1) is 5.92 Å². The lowest BCUT2D eigenvalue weighted by molar-refractivity contribution is -0.136. The van der Waals surface area contributed by atoms with Gasteiger partial charge >= 0.3 is 6.18 Å². The van der Waals surface area contributed by atoms with Gasteiger partial charge in [-0.15, -0.1) is 0 Å². The molecule has 7 heteroatoms. The maximum atomic E-state index is 13.8. The number of rotatable bonds is 4. The summed E-state index contributed by atoms with van der Waals surface area (Å²) in [5.41, 5.74) is 6.04. The van der Waals surface area contributed by atoms with Crippen molar-refractivity contribution in [3.05, 3.63) is 41.5 Å². The van der Waals surface area contributed by atoms with E-state index in [1.165, 1.54) is 6.07 Å². The molecule has 1 unspecified atom stereocenters. The van der Waals surface area contributed by atoms with Crippen molar-refractivity contribution in [2.75, 3.05) is 24.2 Å².